The van der Waals surface area contributed by atoms with Crippen molar-refractivity contribution in [1.29, 1.82) is 0 Å². The fourth-order valence-electron chi connectivity index (χ4n) is 1.56. The first-order valence-electron chi connectivity index (χ1n) is 4.91. The highest BCUT2D eigenvalue weighted by atomic mass is 35.5. The SMILES string of the molecule is Cc1c(Cl)cccc1C(=O)n1ccnc1C. The minimum absolute atomic E-state index is 0.102. The molecule has 0 N–H and O–H groups in total. The molecule has 0 fully saturated rings. The van der Waals surface area contributed by atoms with Crippen molar-refractivity contribution in [2.75, 3.05) is 0 Å². The molecule has 4 heteroatoms. The van der Waals surface area contributed by atoms with E-state index in [0.717, 1.165) is 5.56 Å². The van der Waals surface area contributed by atoms with Gasteiger partial charge in [0.2, 0.25) is 0 Å². The van der Waals surface area contributed by atoms with Crippen LogP contribution in [0.1, 0.15) is 21.7 Å². The Morgan fingerprint density at radius 1 is 1.38 bits per heavy atom. The molecule has 16 heavy (non-hydrogen) atoms. The van der Waals surface area contributed by atoms with Crippen LogP contribution < -0.4 is 0 Å². The van der Waals surface area contributed by atoms with Crippen molar-refractivity contribution in [3.05, 3.63) is 52.6 Å². The predicted octanol–water partition coefficient (Wildman–Crippen LogP) is 2.84. The van der Waals surface area contributed by atoms with Gasteiger partial charge in [0.1, 0.15) is 5.82 Å². The maximum Gasteiger partial charge on any atom is 0.263 e. The van der Waals surface area contributed by atoms with E-state index in [2.05, 4.69) is 4.98 Å². The number of carbonyl (C=O) groups excluding carboxylic acids is 1. The molecule has 0 amide bonds. The first kappa shape index (κ1) is 10.9. The van der Waals surface area contributed by atoms with Gasteiger partial charge in [-0.05, 0) is 31.5 Å². The Hall–Kier alpha value is -1.61. The molecular weight excluding hydrogens is 224 g/mol. The molecule has 3 nitrogen and oxygen atoms in total. The lowest BCUT2D eigenvalue weighted by atomic mass is 10.1. The molecule has 1 aromatic carbocycles. The molecule has 0 aliphatic rings. The van der Waals surface area contributed by atoms with Gasteiger partial charge in [-0.1, -0.05) is 17.7 Å². The third kappa shape index (κ3) is 1.74. The van der Waals surface area contributed by atoms with E-state index in [0.29, 0.717) is 16.4 Å². The minimum Gasteiger partial charge on any atom is -0.270 e. The lowest BCUT2D eigenvalue weighted by Crippen LogP contribution is -2.14. The highest BCUT2D eigenvalue weighted by molar-refractivity contribution is 6.31. The summed E-state index contributed by atoms with van der Waals surface area (Å²) in [5.74, 6) is 0.569. The van der Waals surface area contributed by atoms with Crippen molar-refractivity contribution in [1.82, 2.24) is 9.55 Å². The number of aryl methyl sites for hydroxylation is 1. The van der Waals surface area contributed by atoms with E-state index in [9.17, 15) is 4.79 Å². The van der Waals surface area contributed by atoms with Gasteiger partial charge in [0, 0.05) is 23.0 Å². The number of nitrogens with zero attached hydrogens (tertiary/aromatic N) is 2. The van der Waals surface area contributed by atoms with E-state index in [1.807, 2.05) is 6.92 Å². The topological polar surface area (TPSA) is 34.9 Å². The molecule has 0 spiro atoms. The van der Waals surface area contributed by atoms with Crippen LogP contribution in [0.2, 0.25) is 5.02 Å². The van der Waals surface area contributed by atoms with Crippen LogP contribution in [0.4, 0.5) is 0 Å². The molecule has 0 atom stereocenters. The number of hydrogen-bond acceptors (Lipinski definition) is 2. The van der Waals surface area contributed by atoms with E-state index < -0.39 is 0 Å². The van der Waals surface area contributed by atoms with Crippen LogP contribution in [0, 0.1) is 13.8 Å². The molecule has 82 valence electrons. The van der Waals surface area contributed by atoms with Gasteiger partial charge < -0.3 is 0 Å². The van der Waals surface area contributed by atoms with Crippen molar-refractivity contribution in [2.45, 2.75) is 13.8 Å². The van der Waals surface area contributed by atoms with Gasteiger partial charge in [0.15, 0.2) is 0 Å². The van der Waals surface area contributed by atoms with Gasteiger partial charge in [-0.2, -0.15) is 0 Å². The third-order valence-corrected chi connectivity index (χ3v) is 2.95. The quantitative estimate of drug-likeness (QED) is 0.761. The largest absolute Gasteiger partial charge is 0.270 e. The summed E-state index contributed by atoms with van der Waals surface area (Å²) in [6.07, 6.45) is 3.26. The second-order valence-electron chi connectivity index (χ2n) is 3.56. The first-order valence-corrected chi connectivity index (χ1v) is 5.29. The summed E-state index contributed by atoms with van der Waals surface area (Å²) in [5, 5.41) is 0.601. The van der Waals surface area contributed by atoms with Crippen molar-refractivity contribution in [3.8, 4) is 0 Å². The molecular formula is C12H11ClN2O. The average Bonchev–Trinajstić information content (AvgIpc) is 2.68. The lowest BCUT2D eigenvalue weighted by molar-refractivity contribution is 0.0957. The zero-order valence-electron chi connectivity index (χ0n) is 9.07. The van der Waals surface area contributed by atoms with E-state index in [-0.39, 0.29) is 5.91 Å². The van der Waals surface area contributed by atoms with Crippen LogP contribution in [0.15, 0.2) is 30.6 Å². The number of rotatable bonds is 1. The van der Waals surface area contributed by atoms with E-state index in [1.54, 1.807) is 37.5 Å². The molecule has 0 aliphatic heterocycles. The fraction of sp³-hybridized carbons (Fsp3) is 0.167. The smallest absolute Gasteiger partial charge is 0.263 e. The second-order valence-corrected chi connectivity index (χ2v) is 3.97. The Morgan fingerprint density at radius 2 is 2.12 bits per heavy atom. The van der Waals surface area contributed by atoms with Gasteiger partial charge in [-0.15, -0.1) is 0 Å². The molecule has 0 aliphatic carbocycles. The molecule has 0 saturated carbocycles. The number of benzene rings is 1. The molecule has 1 aromatic heterocycles. The van der Waals surface area contributed by atoms with Crippen molar-refractivity contribution >= 4 is 17.5 Å². The average molecular weight is 235 g/mol. The fourth-order valence-corrected chi connectivity index (χ4v) is 1.74. The Morgan fingerprint density at radius 3 is 2.75 bits per heavy atom. The summed E-state index contributed by atoms with van der Waals surface area (Å²) in [6, 6.07) is 5.31. The predicted molar refractivity (Wildman–Crippen MR) is 62.9 cm³/mol. The van der Waals surface area contributed by atoms with Crippen LogP contribution in [-0.2, 0) is 0 Å². The zero-order chi connectivity index (χ0) is 11.7. The molecule has 0 saturated heterocycles. The van der Waals surface area contributed by atoms with Gasteiger partial charge in [0.25, 0.3) is 5.91 Å². The highest BCUT2D eigenvalue weighted by Gasteiger charge is 2.14. The second kappa shape index (κ2) is 4.10. The van der Waals surface area contributed by atoms with Gasteiger partial charge in [0.05, 0.1) is 0 Å². The lowest BCUT2D eigenvalue weighted by Gasteiger charge is -2.07. The van der Waals surface area contributed by atoms with Crippen LogP contribution >= 0.6 is 11.6 Å². The Kier molecular flexibility index (Phi) is 2.79. The van der Waals surface area contributed by atoms with Gasteiger partial charge in [-0.25, -0.2) is 4.98 Å². The Labute approximate surface area is 98.7 Å². The molecule has 1 heterocycles. The summed E-state index contributed by atoms with van der Waals surface area (Å²) >= 11 is 5.98. The summed E-state index contributed by atoms with van der Waals surface area (Å²) in [5.41, 5.74) is 1.40. The van der Waals surface area contributed by atoms with E-state index >= 15 is 0 Å². The molecule has 0 bridgehead atoms. The number of aromatic nitrogens is 2. The van der Waals surface area contributed by atoms with Crippen LogP contribution in [-0.4, -0.2) is 15.5 Å². The monoisotopic (exact) mass is 234 g/mol. The van der Waals surface area contributed by atoms with Crippen LogP contribution in [0.5, 0.6) is 0 Å². The number of carbonyl (C=O) groups is 1. The Bertz CT molecular complexity index is 546. The van der Waals surface area contributed by atoms with Crippen molar-refractivity contribution in [2.24, 2.45) is 0 Å². The van der Waals surface area contributed by atoms with Crippen molar-refractivity contribution in [3.63, 3.8) is 0 Å². The van der Waals surface area contributed by atoms with E-state index in [1.165, 1.54) is 4.57 Å². The molecule has 2 aromatic rings. The van der Waals surface area contributed by atoms with Crippen LogP contribution in [0.25, 0.3) is 0 Å². The standard InChI is InChI=1S/C12H11ClN2O/c1-8-10(4-3-5-11(8)13)12(16)15-7-6-14-9(15)2/h3-7H,1-2H3. The maximum absolute atomic E-state index is 12.2. The first-order chi connectivity index (χ1) is 7.61. The van der Waals surface area contributed by atoms with E-state index in [4.69, 9.17) is 11.6 Å². The number of imidazole rings is 1. The highest BCUT2D eigenvalue weighted by Crippen LogP contribution is 2.19. The number of halogens is 1. The minimum atomic E-state index is -0.102. The third-order valence-electron chi connectivity index (χ3n) is 2.54. The number of hydrogen-bond donors (Lipinski definition) is 0. The Balaban J connectivity index is 2.50. The van der Waals surface area contributed by atoms with Gasteiger partial charge >= 0.3 is 0 Å². The summed E-state index contributed by atoms with van der Waals surface area (Å²) in [6.45, 7) is 3.62. The normalized spacial score (nSPS) is 10.4. The summed E-state index contributed by atoms with van der Waals surface area (Å²) in [4.78, 5) is 16.2. The van der Waals surface area contributed by atoms with Gasteiger partial charge in [-0.3, -0.25) is 9.36 Å². The van der Waals surface area contributed by atoms with Crippen molar-refractivity contribution < 1.29 is 4.79 Å². The maximum atomic E-state index is 12.2. The molecule has 2 rings (SSSR count). The molecule has 0 radical (unpaired) electrons. The van der Waals surface area contributed by atoms with Crippen LogP contribution in [0.3, 0.4) is 0 Å². The summed E-state index contributed by atoms with van der Waals surface area (Å²) < 4.78 is 1.51. The summed E-state index contributed by atoms with van der Waals surface area (Å²) in [7, 11) is 0. The zero-order valence-corrected chi connectivity index (χ0v) is 9.82. The molecule has 0 unspecified atom stereocenters.